The molecule has 0 bridgehead atoms. The van der Waals surface area contributed by atoms with Crippen molar-refractivity contribution in [1.29, 1.82) is 0 Å². The number of hydrogen-bond acceptors (Lipinski definition) is 2. The monoisotopic (exact) mass is 91.1 g/mol. The van der Waals surface area contributed by atoms with Crippen LogP contribution in [0.25, 0.3) is 0 Å². The average molecular weight is 91.1 g/mol. The van der Waals surface area contributed by atoms with Crippen molar-refractivity contribution in [2.24, 2.45) is 11.6 Å². The van der Waals surface area contributed by atoms with Crippen molar-refractivity contribution in [2.45, 2.75) is 0 Å². The number of hydrazone groups is 1. The molecule has 0 fully saturated rings. The average Bonchev–Trinajstić information content (AvgIpc) is 1.65. The molecule has 0 rings (SSSR count). The predicted molar refractivity (Wildman–Crippen MR) is 19.3 cm³/mol. The lowest BCUT2D eigenvalue weighted by Crippen LogP contribution is -2.84. The molecule has 0 radical (unpaired) electrons. The largest absolute Gasteiger partial charge is 0.390 e. The number of nitrogens with two attached hydrogens (primary N) is 2. The van der Waals surface area contributed by atoms with Crippen molar-refractivity contribution in [3.05, 3.63) is 0 Å². The highest BCUT2D eigenvalue weighted by molar-refractivity contribution is 5.69. The summed E-state index contributed by atoms with van der Waals surface area (Å²) in [4.78, 5) is 0. The lowest BCUT2D eigenvalue weighted by molar-refractivity contribution is -0.474. The van der Waals surface area contributed by atoms with Crippen LogP contribution in [0.5, 0.6) is 0 Å². The Morgan fingerprint density at radius 3 is 2.33 bits per heavy atom. The fourth-order valence-electron chi connectivity index (χ4n) is 0.0323. The van der Waals surface area contributed by atoms with Crippen LogP contribution in [0, 0.1) is 0 Å². The van der Waals surface area contributed by atoms with Crippen LogP contribution >= 0.6 is 0 Å². The molecule has 36 valence electrons. The maximum Gasteiger partial charge on any atom is 0.390 e. The van der Waals surface area contributed by atoms with E-state index in [1.54, 1.807) is 5.48 Å². The minimum Gasteiger partial charge on any atom is -0.296 e. The molecule has 0 saturated carbocycles. The molecule has 5 nitrogen and oxygen atoms in total. The SMILES string of the molecule is N/[NH+]=C(\N)NO. The molecule has 0 aromatic carbocycles. The Bertz CT molecular complexity index is 58.6. The van der Waals surface area contributed by atoms with E-state index in [0.717, 1.165) is 0 Å². The van der Waals surface area contributed by atoms with Gasteiger partial charge in [0, 0.05) is 0 Å². The molecule has 6 heavy (non-hydrogen) atoms. The van der Waals surface area contributed by atoms with Gasteiger partial charge in [-0.15, -0.1) is 5.48 Å². The van der Waals surface area contributed by atoms with Gasteiger partial charge >= 0.3 is 5.96 Å². The molecule has 7 N–H and O–H groups in total. The van der Waals surface area contributed by atoms with Crippen LogP contribution in [0.3, 0.4) is 0 Å². The highest BCUT2D eigenvalue weighted by atomic mass is 16.5. The second-order valence-electron chi connectivity index (χ2n) is 0.670. The molecule has 0 aromatic rings. The van der Waals surface area contributed by atoms with Gasteiger partial charge in [0.2, 0.25) is 0 Å². The Morgan fingerprint density at radius 1 is 1.83 bits per heavy atom. The first-order valence-corrected chi connectivity index (χ1v) is 1.30. The molecule has 0 aromatic heterocycles. The minimum atomic E-state index is -0.0741. The number of guanidine groups is 1. The van der Waals surface area contributed by atoms with Gasteiger partial charge in [-0.05, 0) is 0 Å². The molecule has 5 heteroatoms. The van der Waals surface area contributed by atoms with Crippen molar-refractivity contribution in [2.75, 3.05) is 0 Å². The fraction of sp³-hybridized carbons (Fsp3) is 0. The molecule has 0 unspecified atom stereocenters. The Labute approximate surface area is 34.6 Å². The molecule has 0 aliphatic rings. The summed E-state index contributed by atoms with van der Waals surface area (Å²) in [5.74, 6) is 4.57. The van der Waals surface area contributed by atoms with Gasteiger partial charge in [0.05, 0.1) is 0 Å². The summed E-state index contributed by atoms with van der Waals surface area (Å²) in [7, 11) is 0. The second-order valence-corrected chi connectivity index (χ2v) is 0.670. The lowest BCUT2D eigenvalue weighted by atomic mass is 11.1. The van der Waals surface area contributed by atoms with Gasteiger partial charge in [-0.3, -0.25) is 11.6 Å². The van der Waals surface area contributed by atoms with Crippen LogP contribution in [-0.4, -0.2) is 11.2 Å². The standard InChI is InChI=1S/CH6N4O/c2-1(4-3)5-6/h6H,3H2,(H3,2,4,5)/p+1. The number of rotatable bonds is 0. The first-order valence-electron chi connectivity index (χ1n) is 1.30. The first-order chi connectivity index (χ1) is 2.81. The zero-order chi connectivity index (χ0) is 4.99. The predicted octanol–water partition coefficient (Wildman–Crippen LogP) is -3.77. The highest BCUT2D eigenvalue weighted by Gasteiger charge is 1.85. The summed E-state index contributed by atoms with van der Waals surface area (Å²) in [6.07, 6.45) is 0. The number of hydroxylamine groups is 1. The maximum atomic E-state index is 7.78. The third kappa shape index (κ3) is 1.36. The van der Waals surface area contributed by atoms with E-state index in [-0.39, 0.29) is 5.96 Å². The molecule has 0 spiro atoms. The van der Waals surface area contributed by atoms with Crippen LogP contribution in [0.2, 0.25) is 0 Å². The van der Waals surface area contributed by atoms with Crippen LogP contribution in [0.15, 0.2) is 0 Å². The Morgan fingerprint density at radius 2 is 2.33 bits per heavy atom. The molecule has 0 aliphatic heterocycles. The van der Waals surface area contributed by atoms with E-state index in [4.69, 9.17) is 10.9 Å². The van der Waals surface area contributed by atoms with Crippen LogP contribution in [0.1, 0.15) is 0 Å². The number of nitrogens with one attached hydrogen (secondary N) is 2. The van der Waals surface area contributed by atoms with Crippen LogP contribution in [0.4, 0.5) is 0 Å². The van der Waals surface area contributed by atoms with Gasteiger partial charge in [-0.25, -0.2) is 5.21 Å². The summed E-state index contributed by atoms with van der Waals surface area (Å²) < 4.78 is 0. The summed E-state index contributed by atoms with van der Waals surface area (Å²) in [6.45, 7) is 0. The molecule has 0 aliphatic carbocycles. The van der Waals surface area contributed by atoms with E-state index >= 15 is 0 Å². The van der Waals surface area contributed by atoms with Gasteiger partial charge in [0.15, 0.2) is 0 Å². The van der Waals surface area contributed by atoms with E-state index in [9.17, 15) is 0 Å². The van der Waals surface area contributed by atoms with E-state index in [2.05, 4.69) is 5.84 Å². The highest BCUT2D eigenvalue weighted by Crippen LogP contribution is 1.19. The van der Waals surface area contributed by atoms with Crippen molar-refractivity contribution in [3.8, 4) is 0 Å². The lowest BCUT2D eigenvalue weighted by Gasteiger charge is -1.79. The third-order valence-corrected chi connectivity index (χ3v) is 0.276. The van der Waals surface area contributed by atoms with Gasteiger partial charge in [0.1, 0.15) is 0 Å². The van der Waals surface area contributed by atoms with Crippen molar-refractivity contribution in [1.82, 2.24) is 5.48 Å². The summed E-state index contributed by atoms with van der Waals surface area (Å²) in [6, 6.07) is 0. The van der Waals surface area contributed by atoms with E-state index in [1.165, 1.54) is 0 Å². The van der Waals surface area contributed by atoms with Crippen molar-refractivity contribution >= 4 is 5.96 Å². The third-order valence-electron chi connectivity index (χ3n) is 0.276. The van der Waals surface area contributed by atoms with E-state index < -0.39 is 0 Å². The summed E-state index contributed by atoms with van der Waals surface area (Å²) in [5.41, 5.74) is 6.36. The summed E-state index contributed by atoms with van der Waals surface area (Å²) in [5, 5.41) is 9.73. The quantitative estimate of drug-likeness (QED) is 0.0914. The van der Waals surface area contributed by atoms with Gasteiger partial charge in [0.25, 0.3) is 0 Å². The number of hydrogen-bond donors (Lipinski definition) is 5. The Hall–Kier alpha value is -0.970. The molecule has 0 saturated heterocycles. The Balaban J connectivity index is 3.22. The van der Waals surface area contributed by atoms with E-state index in [1.807, 2.05) is 5.10 Å². The Kier molecular flexibility index (Phi) is 1.91. The van der Waals surface area contributed by atoms with Crippen molar-refractivity contribution < 1.29 is 10.3 Å². The van der Waals surface area contributed by atoms with Crippen molar-refractivity contribution in [3.63, 3.8) is 0 Å². The smallest absolute Gasteiger partial charge is 0.296 e. The van der Waals surface area contributed by atoms with Crippen LogP contribution in [-0.2, 0) is 0 Å². The van der Waals surface area contributed by atoms with Gasteiger partial charge in [-0.1, -0.05) is 0 Å². The van der Waals surface area contributed by atoms with Crippen LogP contribution < -0.4 is 22.2 Å². The molecule has 0 amide bonds. The second kappa shape index (κ2) is 2.28. The zero-order valence-electron chi connectivity index (χ0n) is 3.10. The molecule has 0 atom stereocenters. The number of hydrazine groups is 1. The first kappa shape index (κ1) is 5.03. The molecule has 0 heterocycles. The van der Waals surface area contributed by atoms with E-state index in [0.29, 0.717) is 0 Å². The topological polar surface area (TPSA) is 98.3 Å². The molecular weight excluding hydrogens is 84.0 g/mol. The fourth-order valence-corrected chi connectivity index (χ4v) is 0.0323. The van der Waals surface area contributed by atoms with Gasteiger partial charge < -0.3 is 0 Å². The minimum absolute atomic E-state index is 0.0741. The summed E-state index contributed by atoms with van der Waals surface area (Å²) >= 11 is 0. The van der Waals surface area contributed by atoms with Gasteiger partial charge in [-0.2, -0.15) is 5.10 Å². The zero-order valence-corrected chi connectivity index (χ0v) is 3.10. The normalized spacial score (nSPS) is 11.2. The molecular formula is CH7N4O+. The maximum absolute atomic E-state index is 7.78.